The Morgan fingerprint density at radius 1 is 1.12 bits per heavy atom. The van der Waals surface area contributed by atoms with E-state index >= 15 is 0 Å². The second-order valence-electron chi connectivity index (χ2n) is 14.4. The van der Waals surface area contributed by atoms with Crippen LogP contribution in [0.5, 0.6) is 5.75 Å². The van der Waals surface area contributed by atoms with E-state index in [1.165, 1.54) is 7.11 Å². The van der Waals surface area contributed by atoms with Gasteiger partial charge in [-0.25, -0.2) is 4.98 Å². The maximum Gasteiger partial charge on any atom is 0.310 e. The van der Waals surface area contributed by atoms with Crippen molar-refractivity contribution in [3.63, 3.8) is 0 Å². The topological polar surface area (TPSA) is 98.4 Å². The van der Waals surface area contributed by atoms with Crippen LogP contribution in [0.15, 0.2) is 67.8 Å². The van der Waals surface area contributed by atoms with Crippen LogP contribution in [0.25, 0.3) is 28.0 Å². The van der Waals surface area contributed by atoms with Crippen LogP contribution in [-0.4, -0.2) is 69.8 Å². The Kier molecular flexibility index (Phi) is 13.1. The molecule has 2 aromatic carbocycles. The quantitative estimate of drug-likeness (QED) is 0.115. The Labute approximate surface area is 307 Å². The molecule has 3 heterocycles. The van der Waals surface area contributed by atoms with E-state index in [0.717, 1.165) is 83.1 Å². The van der Waals surface area contributed by atoms with Crippen molar-refractivity contribution in [2.45, 2.75) is 91.5 Å². The number of rotatable bonds is 12. The van der Waals surface area contributed by atoms with Crippen LogP contribution in [0.1, 0.15) is 70.7 Å². The van der Waals surface area contributed by atoms with Gasteiger partial charge in [-0.2, -0.15) is 9.61 Å². The van der Waals surface area contributed by atoms with Crippen LogP contribution in [-0.2, 0) is 20.7 Å². The number of carbonyl (C=O) groups is 1. The van der Waals surface area contributed by atoms with E-state index < -0.39 is 5.60 Å². The maximum absolute atomic E-state index is 12.6. The molecule has 1 aliphatic heterocycles. The van der Waals surface area contributed by atoms with E-state index in [9.17, 15) is 4.79 Å². The molecule has 1 atom stereocenters. The Balaban J connectivity index is 0.00000109. The van der Waals surface area contributed by atoms with Gasteiger partial charge in [0, 0.05) is 48.0 Å². The van der Waals surface area contributed by atoms with E-state index in [1.54, 1.807) is 26.8 Å². The fourth-order valence-electron chi connectivity index (χ4n) is 6.04. The minimum absolute atomic E-state index is 0.0511. The number of benzene rings is 2. The van der Waals surface area contributed by atoms with Crippen molar-refractivity contribution in [1.29, 1.82) is 0 Å². The lowest BCUT2D eigenvalue weighted by molar-refractivity contribution is -0.139. The zero-order valence-electron chi connectivity index (χ0n) is 31.4. The van der Waals surface area contributed by atoms with Crippen molar-refractivity contribution in [3.8, 4) is 28.1 Å². The third-order valence-corrected chi connectivity index (χ3v) is 9.02. The van der Waals surface area contributed by atoms with Gasteiger partial charge in [0.1, 0.15) is 11.6 Å². The highest BCUT2D eigenvalue weighted by Crippen LogP contribution is 2.41. The average molecular weight is 717 g/mol. The molecule has 51 heavy (non-hydrogen) atoms. The van der Waals surface area contributed by atoms with Crippen molar-refractivity contribution < 1.29 is 24.1 Å². The van der Waals surface area contributed by atoms with Crippen molar-refractivity contribution >= 4 is 29.0 Å². The van der Waals surface area contributed by atoms with Gasteiger partial charge in [0.25, 0.3) is 0 Å². The number of anilines is 1. The molecule has 1 aliphatic rings. The van der Waals surface area contributed by atoms with Crippen molar-refractivity contribution in [3.05, 3.63) is 89.6 Å². The summed E-state index contributed by atoms with van der Waals surface area (Å²) < 4.78 is 19.4. The average Bonchev–Trinajstić information content (AvgIpc) is 3.48. The first kappa shape index (κ1) is 39.6. The van der Waals surface area contributed by atoms with E-state index in [4.69, 9.17) is 41.0 Å². The standard InChI is InChI=1S/C37H43ClN4O4.C4H10O/c1-8-11-25(4)46-32-13-10-12-30(38)35(32)28-21-27(15-14-24(28)3)31-23-33-39-26(5)29(22-34(43)44-7)36(42(33)40-31)41-18-16-37(6,17-19-41)45-20-9-2;1-4(2,3)5/h8-10,12-15,21,23,25H,1-2,11,16-20,22H2,3-7H3;5H,1-3H3. The zero-order valence-corrected chi connectivity index (χ0v) is 32.1. The predicted octanol–water partition coefficient (Wildman–Crippen LogP) is 8.73. The summed E-state index contributed by atoms with van der Waals surface area (Å²) in [4.78, 5) is 19.7. The van der Waals surface area contributed by atoms with E-state index in [2.05, 4.69) is 50.1 Å². The highest BCUT2D eigenvalue weighted by molar-refractivity contribution is 6.33. The summed E-state index contributed by atoms with van der Waals surface area (Å²) in [5.41, 5.74) is 6.08. The smallest absolute Gasteiger partial charge is 0.310 e. The van der Waals surface area contributed by atoms with Gasteiger partial charge in [-0.1, -0.05) is 42.0 Å². The van der Waals surface area contributed by atoms with Crippen molar-refractivity contribution in [2.75, 3.05) is 31.7 Å². The van der Waals surface area contributed by atoms with Crippen LogP contribution < -0.4 is 9.64 Å². The third kappa shape index (κ3) is 10.2. The normalized spacial score (nSPS) is 14.7. The van der Waals surface area contributed by atoms with Gasteiger partial charge in [-0.3, -0.25) is 4.79 Å². The SMILES string of the molecule is C=CCOC1(C)CCN(c2c(CC(=O)OC)c(C)nc3cc(-c4ccc(C)c(-c5c(Cl)cccc5OC(C)CC=C)c4)nn23)CC1.CC(C)(C)O. The Bertz CT molecular complexity index is 1850. The molecule has 1 N–H and O–H groups in total. The van der Waals surface area contributed by atoms with Gasteiger partial charge in [-0.15, -0.1) is 13.2 Å². The molecule has 4 aromatic rings. The Morgan fingerprint density at radius 2 is 1.80 bits per heavy atom. The number of hydrogen-bond donors (Lipinski definition) is 1. The number of methoxy groups -OCH3 is 1. The van der Waals surface area contributed by atoms with Gasteiger partial charge in [-0.05, 0) is 90.6 Å². The zero-order chi connectivity index (χ0) is 37.5. The fraction of sp³-hybridized carbons (Fsp3) is 0.439. The molecule has 2 aromatic heterocycles. The fourth-order valence-corrected chi connectivity index (χ4v) is 6.30. The van der Waals surface area contributed by atoms with Gasteiger partial charge in [0.2, 0.25) is 0 Å². The van der Waals surface area contributed by atoms with E-state index in [-0.39, 0.29) is 24.1 Å². The molecule has 10 heteroatoms. The number of fused-ring (bicyclic) bond motifs is 1. The third-order valence-electron chi connectivity index (χ3n) is 8.70. The lowest BCUT2D eigenvalue weighted by Gasteiger charge is -2.40. The van der Waals surface area contributed by atoms with Crippen LogP contribution in [0.3, 0.4) is 0 Å². The Hall–Kier alpha value is -4.18. The molecule has 9 nitrogen and oxygen atoms in total. The minimum atomic E-state index is -0.500. The first-order chi connectivity index (χ1) is 24.1. The molecule has 1 saturated heterocycles. The molecule has 1 unspecified atom stereocenters. The molecular weight excluding hydrogens is 664 g/mol. The molecular formula is C41H53ClN4O5. The summed E-state index contributed by atoms with van der Waals surface area (Å²) in [7, 11) is 1.41. The van der Waals surface area contributed by atoms with E-state index in [0.29, 0.717) is 17.3 Å². The molecule has 5 rings (SSSR count). The van der Waals surface area contributed by atoms with Crippen molar-refractivity contribution in [1.82, 2.24) is 14.6 Å². The number of aliphatic hydroxyl groups is 1. The lowest BCUT2D eigenvalue weighted by Crippen LogP contribution is -2.45. The second-order valence-corrected chi connectivity index (χ2v) is 14.8. The van der Waals surface area contributed by atoms with Crippen molar-refractivity contribution in [2.24, 2.45) is 0 Å². The molecule has 1 fully saturated rings. The number of nitrogens with zero attached hydrogens (tertiary/aromatic N) is 4. The number of esters is 1. The first-order valence-corrected chi connectivity index (χ1v) is 17.8. The molecule has 0 radical (unpaired) electrons. The second kappa shape index (κ2) is 16.9. The number of aryl methyl sites for hydroxylation is 2. The first-order valence-electron chi connectivity index (χ1n) is 17.4. The summed E-state index contributed by atoms with van der Waals surface area (Å²) in [5, 5.41) is 14.2. The maximum atomic E-state index is 12.6. The molecule has 0 spiro atoms. The molecule has 274 valence electrons. The molecule has 0 amide bonds. The lowest BCUT2D eigenvalue weighted by atomic mass is 9.93. The summed E-state index contributed by atoms with van der Waals surface area (Å²) in [6.45, 7) is 23.0. The number of aromatic nitrogens is 3. The van der Waals surface area contributed by atoms with Crippen LogP contribution in [0.4, 0.5) is 5.82 Å². The summed E-state index contributed by atoms with van der Waals surface area (Å²) in [6, 6.07) is 14.0. The highest BCUT2D eigenvalue weighted by Gasteiger charge is 2.33. The number of carbonyl (C=O) groups excluding carboxylic acids is 1. The molecule has 0 bridgehead atoms. The van der Waals surface area contributed by atoms with Gasteiger partial charge >= 0.3 is 5.97 Å². The van der Waals surface area contributed by atoms with Gasteiger partial charge in [0.15, 0.2) is 5.65 Å². The summed E-state index contributed by atoms with van der Waals surface area (Å²) in [5.74, 6) is 1.26. The largest absolute Gasteiger partial charge is 0.490 e. The van der Waals surface area contributed by atoms with E-state index in [1.807, 2.05) is 48.7 Å². The highest BCUT2D eigenvalue weighted by atomic mass is 35.5. The number of halogens is 1. The number of hydrogen-bond acceptors (Lipinski definition) is 8. The van der Waals surface area contributed by atoms with Crippen LogP contribution >= 0.6 is 11.6 Å². The van der Waals surface area contributed by atoms with Crippen LogP contribution in [0.2, 0.25) is 5.02 Å². The van der Waals surface area contributed by atoms with Gasteiger partial charge in [0.05, 0.1) is 48.2 Å². The number of piperidine rings is 1. The molecule has 0 saturated carbocycles. The summed E-state index contributed by atoms with van der Waals surface area (Å²) >= 11 is 6.82. The number of ether oxygens (including phenoxy) is 3. The molecule has 0 aliphatic carbocycles. The summed E-state index contributed by atoms with van der Waals surface area (Å²) in [6.07, 6.45) is 6.05. The Morgan fingerprint density at radius 3 is 2.43 bits per heavy atom. The van der Waals surface area contributed by atoms with Crippen LogP contribution in [0, 0.1) is 13.8 Å². The van der Waals surface area contributed by atoms with Gasteiger partial charge < -0.3 is 24.2 Å². The monoisotopic (exact) mass is 716 g/mol. The predicted molar refractivity (Wildman–Crippen MR) is 207 cm³/mol. The minimum Gasteiger partial charge on any atom is -0.490 e.